The summed E-state index contributed by atoms with van der Waals surface area (Å²) in [5.74, 6) is -1.38. The molecule has 0 bridgehead atoms. The topological polar surface area (TPSA) is 63.2 Å². The summed E-state index contributed by atoms with van der Waals surface area (Å²) in [6.45, 7) is 6.15. The Labute approximate surface area is 116 Å². The van der Waals surface area contributed by atoms with Crippen LogP contribution in [-0.4, -0.2) is 20.9 Å². The van der Waals surface area contributed by atoms with Crippen LogP contribution < -0.4 is 5.32 Å². The highest BCUT2D eigenvalue weighted by Crippen LogP contribution is 2.19. The van der Waals surface area contributed by atoms with Crippen molar-refractivity contribution in [1.29, 1.82) is 0 Å². The summed E-state index contributed by atoms with van der Waals surface area (Å²) in [6.07, 6.45) is 0. The first kappa shape index (κ1) is 15.9. The first-order valence-corrected chi connectivity index (χ1v) is 7.83. The highest BCUT2D eigenvalue weighted by molar-refractivity contribution is 8.13. The largest absolute Gasteiger partial charge is 0.352 e. The number of carbonyl (C=O) groups excluding carboxylic acids is 1. The Morgan fingerprint density at radius 3 is 2.37 bits per heavy atom. The molecule has 1 N–H and O–H groups in total. The molecular weight excluding hydrogens is 293 g/mol. The standard InChI is InChI=1S/C12H15ClFNO3S/c1-12(2,3)7-15-11(16)8-4-9(14)6-10(5-8)19(13,17)18/h4-6H,7H2,1-3H3,(H,15,16). The van der Waals surface area contributed by atoms with Gasteiger partial charge in [-0.1, -0.05) is 20.8 Å². The molecule has 1 aromatic rings. The van der Waals surface area contributed by atoms with Crippen LogP contribution in [0.3, 0.4) is 0 Å². The molecule has 7 heteroatoms. The molecule has 0 aliphatic carbocycles. The van der Waals surface area contributed by atoms with Crippen molar-refractivity contribution >= 4 is 25.6 Å². The van der Waals surface area contributed by atoms with Gasteiger partial charge in [0, 0.05) is 22.8 Å². The van der Waals surface area contributed by atoms with Crippen LogP contribution in [0.1, 0.15) is 31.1 Å². The van der Waals surface area contributed by atoms with Crippen LogP contribution >= 0.6 is 10.7 Å². The fraction of sp³-hybridized carbons (Fsp3) is 0.417. The van der Waals surface area contributed by atoms with Crippen LogP contribution in [-0.2, 0) is 9.05 Å². The normalized spacial score (nSPS) is 12.3. The predicted octanol–water partition coefficient (Wildman–Crippen LogP) is 2.53. The van der Waals surface area contributed by atoms with E-state index < -0.39 is 25.7 Å². The lowest BCUT2D eigenvalue weighted by atomic mass is 9.97. The van der Waals surface area contributed by atoms with Gasteiger partial charge >= 0.3 is 0 Å². The summed E-state index contributed by atoms with van der Waals surface area (Å²) in [6, 6.07) is 2.77. The zero-order chi connectivity index (χ0) is 14.8. The fourth-order valence-corrected chi connectivity index (χ4v) is 2.07. The predicted molar refractivity (Wildman–Crippen MR) is 71.2 cm³/mol. The van der Waals surface area contributed by atoms with Gasteiger partial charge < -0.3 is 5.32 Å². The molecule has 0 heterocycles. The van der Waals surface area contributed by atoms with Crippen LogP contribution in [0.5, 0.6) is 0 Å². The summed E-state index contributed by atoms with van der Waals surface area (Å²) in [7, 11) is 1.06. The van der Waals surface area contributed by atoms with Crippen molar-refractivity contribution < 1.29 is 17.6 Å². The van der Waals surface area contributed by atoms with Gasteiger partial charge in [0.2, 0.25) is 0 Å². The Bertz CT molecular complexity index is 593. The minimum atomic E-state index is -4.07. The number of carbonyl (C=O) groups is 1. The summed E-state index contributed by atoms with van der Waals surface area (Å²) in [4.78, 5) is 11.4. The van der Waals surface area contributed by atoms with Crippen molar-refractivity contribution in [2.45, 2.75) is 25.7 Å². The molecule has 0 aliphatic heterocycles. The van der Waals surface area contributed by atoms with Gasteiger partial charge in [-0.25, -0.2) is 12.8 Å². The Hall–Kier alpha value is -1.14. The van der Waals surface area contributed by atoms with Crippen molar-refractivity contribution in [2.75, 3.05) is 6.54 Å². The Morgan fingerprint density at radius 1 is 1.32 bits per heavy atom. The van der Waals surface area contributed by atoms with Gasteiger partial charge in [0.15, 0.2) is 0 Å². The van der Waals surface area contributed by atoms with E-state index in [1.54, 1.807) is 0 Å². The maximum absolute atomic E-state index is 13.3. The van der Waals surface area contributed by atoms with E-state index >= 15 is 0 Å². The van der Waals surface area contributed by atoms with E-state index in [9.17, 15) is 17.6 Å². The molecule has 106 valence electrons. The van der Waals surface area contributed by atoms with E-state index in [0.29, 0.717) is 6.54 Å². The summed E-state index contributed by atoms with van der Waals surface area (Å²) in [5.41, 5.74) is -0.215. The van der Waals surface area contributed by atoms with Gasteiger partial charge in [-0.05, 0) is 23.6 Å². The van der Waals surface area contributed by atoms with Crippen molar-refractivity contribution in [3.05, 3.63) is 29.6 Å². The first-order valence-electron chi connectivity index (χ1n) is 5.52. The Morgan fingerprint density at radius 2 is 1.89 bits per heavy atom. The van der Waals surface area contributed by atoms with E-state index in [0.717, 1.165) is 18.2 Å². The lowest BCUT2D eigenvalue weighted by Crippen LogP contribution is -2.32. The molecule has 0 atom stereocenters. The Kier molecular flexibility index (Phi) is 4.58. The van der Waals surface area contributed by atoms with E-state index in [1.807, 2.05) is 20.8 Å². The second kappa shape index (κ2) is 5.46. The number of halogens is 2. The number of hydrogen-bond acceptors (Lipinski definition) is 3. The third-order valence-corrected chi connectivity index (χ3v) is 3.53. The van der Waals surface area contributed by atoms with Gasteiger partial charge in [0.05, 0.1) is 4.90 Å². The maximum Gasteiger partial charge on any atom is 0.261 e. The van der Waals surface area contributed by atoms with Crippen LogP contribution in [0, 0.1) is 11.2 Å². The van der Waals surface area contributed by atoms with E-state index in [4.69, 9.17) is 10.7 Å². The van der Waals surface area contributed by atoms with Crippen molar-refractivity contribution in [3.63, 3.8) is 0 Å². The molecule has 0 fully saturated rings. The molecule has 0 saturated carbocycles. The molecule has 0 radical (unpaired) electrons. The van der Waals surface area contributed by atoms with E-state index in [1.165, 1.54) is 0 Å². The third kappa shape index (κ3) is 5.16. The third-order valence-electron chi connectivity index (χ3n) is 2.19. The zero-order valence-corrected chi connectivity index (χ0v) is 12.4. The van der Waals surface area contributed by atoms with E-state index in [-0.39, 0.29) is 11.0 Å². The molecule has 0 unspecified atom stereocenters. The van der Waals surface area contributed by atoms with Gasteiger partial charge in [0.25, 0.3) is 15.0 Å². The Balaban J connectivity index is 3.02. The second-order valence-electron chi connectivity index (χ2n) is 5.36. The number of benzene rings is 1. The minimum Gasteiger partial charge on any atom is -0.352 e. The SMILES string of the molecule is CC(C)(C)CNC(=O)c1cc(F)cc(S(=O)(=O)Cl)c1. The second-order valence-corrected chi connectivity index (χ2v) is 7.92. The van der Waals surface area contributed by atoms with Gasteiger partial charge in [-0.15, -0.1) is 0 Å². The number of amides is 1. The molecule has 1 amide bonds. The monoisotopic (exact) mass is 307 g/mol. The molecule has 19 heavy (non-hydrogen) atoms. The van der Waals surface area contributed by atoms with Crippen LogP contribution in [0.4, 0.5) is 4.39 Å². The number of rotatable bonds is 3. The average molecular weight is 308 g/mol. The minimum absolute atomic E-state index is 0.0801. The van der Waals surface area contributed by atoms with Crippen LogP contribution in [0.25, 0.3) is 0 Å². The first-order chi connectivity index (χ1) is 8.49. The molecular formula is C12H15ClFNO3S. The van der Waals surface area contributed by atoms with Crippen LogP contribution in [0.2, 0.25) is 0 Å². The summed E-state index contributed by atoms with van der Waals surface area (Å²) >= 11 is 0. The van der Waals surface area contributed by atoms with Crippen molar-refractivity contribution in [2.24, 2.45) is 5.41 Å². The maximum atomic E-state index is 13.3. The highest BCUT2D eigenvalue weighted by atomic mass is 35.7. The molecule has 4 nitrogen and oxygen atoms in total. The molecule has 0 spiro atoms. The zero-order valence-electron chi connectivity index (χ0n) is 10.8. The molecule has 1 rings (SSSR count). The average Bonchev–Trinajstić information content (AvgIpc) is 2.22. The highest BCUT2D eigenvalue weighted by Gasteiger charge is 2.17. The number of hydrogen-bond donors (Lipinski definition) is 1. The summed E-state index contributed by atoms with van der Waals surface area (Å²) < 4.78 is 35.6. The molecule has 1 aromatic carbocycles. The lowest BCUT2D eigenvalue weighted by molar-refractivity contribution is 0.0938. The van der Waals surface area contributed by atoms with Gasteiger partial charge in [0.1, 0.15) is 5.82 Å². The lowest BCUT2D eigenvalue weighted by Gasteiger charge is -2.18. The van der Waals surface area contributed by atoms with Gasteiger partial charge in [-0.2, -0.15) is 0 Å². The molecule has 0 aromatic heterocycles. The smallest absolute Gasteiger partial charge is 0.261 e. The molecule has 0 aliphatic rings. The quantitative estimate of drug-likeness (QED) is 0.873. The van der Waals surface area contributed by atoms with Crippen molar-refractivity contribution in [1.82, 2.24) is 5.32 Å². The fourth-order valence-electron chi connectivity index (χ4n) is 1.28. The van der Waals surface area contributed by atoms with Crippen molar-refractivity contribution in [3.8, 4) is 0 Å². The van der Waals surface area contributed by atoms with E-state index in [2.05, 4.69) is 5.32 Å². The number of nitrogens with one attached hydrogen (secondary N) is 1. The molecule has 0 saturated heterocycles. The van der Waals surface area contributed by atoms with Crippen LogP contribution in [0.15, 0.2) is 23.1 Å². The van der Waals surface area contributed by atoms with Gasteiger partial charge in [-0.3, -0.25) is 4.79 Å². The summed E-state index contributed by atoms with van der Waals surface area (Å²) in [5, 5.41) is 2.60.